The van der Waals surface area contributed by atoms with Gasteiger partial charge in [-0.1, -0.05) is 13.8 Å². The van der Waals surface area contributed by atoms with Crippen molar-refractivity contribution in [3.63, 3.8) is 0 Å². The molecular formula is C6H8O4. The molecule has 10 heavy (non-hydrogen) atoms. The van der Waals surface area contributed by atoms with Crippen LogP contribution in [-0.2, 0) is 19.4 Å². The SMILES string of the molecule is C[C@@H]1C(=O)OOC(=O)[C@H]1C. The van der Waals surface area contributed by atoms with Crippen molar-refractivity contribution in [3.05, 3.63) is 0 Å². The summed E-state index contributed by atoms with van der Waals surface area (Å²) in [5.41, 5.74) is 0. The van der Waals surface area contributed by atoms with Gasteiger partial charge in [0.1, 0.15) is 0 Å². The summed E-state index contributed by atoms with van der Waals surface area (Å²) in [6.07, 6.45) is 0. The van der Waals surface area contributed by atoms with Crippen LogP contribution in [0, 0.1) is 11.8 Å². The highest BCUT2D eigenvalue weighted by molar-refractivity contribution is 5.84. The molecule has 1 aliphatic heterocycles. The summed E-state index contributed by atoms with van der Waals surface area (Å²) in [5.74, 6) is -1.73. The van der Waals surface area contributed by atoms with Crippen molar-refractivity contribution >= 4 is 11.9 Å². The summed E-state index contributed by atoms with van der Waals surface area (Å²) in [6, 6.07) is 0. The van der Waals surface area contributed by atoms with E-state index in [0.29, 0.717) is 0 Å². The highest BCUT2D eigenvalue weighted by Crippen LogP contribution is 2.19. The predicted molar refractivity (Wildman–Crippen MR) is 30.5 cm³/mol. The van der Waals surface area contributed by atoms with Gasteiger partial charge in [0.2, 0.25) is 0 Å². The molecule has 0 bridgehead atoms. The van der Waals surface area contributed by atoms with E-state index in [9.17, 15) is 9.59 Å². The van der Waals surface area contributed by atoms with E-state index < -0.39 is 11.9 Å². The first-order chi connectivity index (χ1) is 4.63. The number of carbonyl (C=O) groups is 2. The molecule has 1 fully saturated rings. The van der Waals surface area contributed by atoms with Crippen molar-refractivity contribution in [2.45, 2.75) is 13.8 Å². The molecule has 0 aromatic carbocycles. The van der Waals surface area contributed by atoms with Gasteiger partial charge >= 0.3 is 11.9 Å². The average molecular weight is 144 g/mol. The van der Waals surface area contributed by atoms with Gasteiger partial charge in [-0.25, -0.2) is 19.4 Å². The highest BCUT2D eigenvalue weighted by atomic mass is 17.2. The maximum absolute atomic E-state index is 10.7. The van der Waals surface area contributed by atoms with E-state index >= 15 is 0 Å². The summed E-state index contributed by atoms with van der Waals surface area (Å²) in [4.78, 5) is 29.5. The van der Waals surface area contributed by atoms with Crippen LogP contribution in [-0.4, -0.2) is 11.9 Å². The molecule has 0 saturated carbocycles. The van der Waals surface area contributed by atoms with Gasteiger partial charge in [0.25, 0.3) is 0 Å². The van der Waals surface area contributed by atoms with E-state index in [1.165, 1.54) is 0 Å². The second kappa shape index (κ2) is 2.28. The van der Waals surface area contributed by atoms with Crippen LogP contribution in [0.3, 0.4) is 0 Å². The van der Waals surface area contributed by atoms with Crippen LogP contribution in [0.4, 0.5) is 0 Å². The Morgan fingerprint density at radius 3 is 1.60 bits per heavy atom. The Bertz CT molecular complexity index is 155. The molecule has 1 saturated heterocycles. The summed E-state index contributed by atoms with van der Waals surface area (Å²) in [5, 5.41) is 0. The average Bonchev–Trinajstić information content (AvgIpc) is 1.93. The van der Waals surface area contributed by atoms with E-state index in [-0.39, 0.29) is 11.8 Å². The third-order valence-electron chi connectivity index (χ3n) is 1.70. The molecule has 0 aliphatic carbocycles. The maximum atomic E-state index is 10.7. The Hall–Kier alpha value is -1.06. The minimum Gasteiger partial charge on any atom is -0.247 e. The van der Waals surface area contributed by atoms with Crippen LogP contribution in [0.5, 0.6) is 0 Å². The lowest BCUT2D eigenvalue weighted by Crippen LogP contribution is -2.35. The molecule has 0 aromatic heterocycles. The summed E-state index contributed by atoms with van der Waals surface area (Å²) < 4.78 is 0. The monoisotopic (exact) mass is 144 g/mol. The molecule has 1 heterocycles. The third-order valence-corrected chi connectivity index (χ3v) is 1.70. The number of hydrogen-bond donors (Lipinski definition) is 0. The summed E-state index contributed by atoms with van der Waals surface area (Å²) in [7, 11) is 0. The van der Waals surface area contributed by atoms with Gasteiger partial charge in [0.05, 0.1) is 11.8 Å². The van der Waals surface area contributed by atoms with Gasteiger partial charge < -0.3 is 0 Å². The van der Waals surface area contributed by atoms with Gasteiger partial charge in [-0.15, -0.1) is 0 Å². The predicted octanol–water partition coefficient (Wildman–Crippen LogP) is 0.274. The number of hydrogen-bond acceptors (Lipinski definition) is 4. The Labute approximate surface area is 58.0 Å². The first-order valence-corrected chi connectivity index (χ1v) is 3.05. The summed E-state index contributed by atoms with van der Waals surface area (Å²) >= 11 is 0. The Kier molecular flexibility index (Phi) is 1.61. The molecule has 1 rings (SSSR count). The van der Waals surface area contributed by atoms with Crippen LogP contribution in [0.1, 0.15) is 13.8 Å². The van der Waals surface area contributed by atoms with Gasteiger partial charge in [-0.05, 0) is 0 Å². The smallest absolute Gasteiger partial charge is 0.247 e. The van der Waals surface area contributed by atoms with E-state index in [1.54, 1.807) is 13.8 Å². The fourth-order valence-corrected chi connectivity index (χ4v) is 0.642. The molecule has 0 aromatic rings. The van der Waals surface area contributed by atoms with Crippen molar-refractivity contribution in [1.29, 1.82) is 0 Å². The zero-order valence-corrected chi connectivity index (χ0v) is 5.79. The minimum atomic E-state index is -0.480. The molecule has 0 unspecified atom stereocenters. The first kappa shape index (κ1) is 7.05. The molecule has 0 N–H and O–H groups in total. The van der Waals surface area contributed by atoms with Crippen LogP contribution in [0.2, 0.25) is 0 Å². The lowest BCUT2D eigenvalue weighted by Gasteiger charge is -2.20. The Morgan fingerprint density at radius 1 is 1.00 bits per heavy atom. The van der Waals surface area contributed by atoms with Crippen LogP contribution in [0.25, 0.3) is 0 Å². The van der Waals surface area contributed by atoms with Crippen LogP contribution >= 0.6 is 0 Å². The minimum absolute atomic E-state index is 0.388. The molecule has 0 amide bonds. The first-order valence-electron chi connectivity index (χ1n) is 3.05. The van der Waals surface area contributed by atoms with Gasteiger partial charge in [-0.3, -0.25) is 0 Å². The van der Waals surface area contributed by atoms with Crippen LogP contribution in [0.15, 0.2) is 0 Å². The quantitative estimate of drug-likeness (QED) is 0.458. The van der Waals surface area contributed by atoms with Gasteiger partial charge in [0.15, 0.2) is 0 Å². The van der Waals surface area contributed by atoms with E-state index in [4.69, 9.17) is 0 Å². The van der Waals surface area contributed by atoms with Crippen molar-refractivity contribution < 1.29 is 19.4 Å². The molecule has 0 spiro atoms. The standard InChI is InChI=1S/C6H8O4/c1-3-4(2)6(8)10-9-5(3)7/h3-4H,1-2H3/t3-,4-/m0/s1. The molecule has 56 valence electrons. The van der Waals surface area contributed by atoms with Gasteiger partial charge in [-0.2, -0.15) is 0 Å². The second-order valence-corrected chi connectivity index (χ2v) is 2.38. The Morgan fingerprint density at radius 2 is 1.30 bits per heavy atom. The van der Waals surface area contributed by atoms with E-state index in [1.807, 2.05) is 0 Å². The van der Waals surface area contributed by atoms with E-state index in [0.717, 1.165) is 0 Å². The normalized spacial score (nSPS) is 33.0. The zero-order chi connectivity index (χ0) is 7.72. The molecule has 4 heteroatoms. The molecular weight excluding hydrogens is 136 g/mol. The van der Waals surface area contributed by atoms with Gasteiger partial charge in [0, 0.05) is 0 Å². The molecule has 4 nitrogen and oxygen atoms in total. The molecule has 2 atom stereocenters. The van der Waals surface area contributed by atoms with E-state index in [2.05, 4.69) is 9.78 Å². The summed E-state index contributed by atoms with van der Waals surface area (Å²) in [6.45, 7) is 3.26. The lowest BCUT2D eigenvalue weighted by molar-refractivity contribution is -0.278. The maximum Gasteiger partial charge on any atom is 0.359 e. The number of rotatable bonds is 0. The van der Waals surface area contributed by atoms with Crippen molar-refractivity contribution in [2.75, 3.05) is 0 Å². The largest absolute Gasteiger partial charge is 0.359 e. The highest BCUT2D eigenvalue weighted by Gasteiger charge is 2.35. The fraction of sp³-hybridized carbons (Fsp3) is 0.667. The van der Waals surface area contributed by atoms with Crippen LogP contribution < -0.4 is 0 Å². The van der Waals surface area contributed by atoms with Crippen molar-refractivity contribution in [2.24, 2.45) is 11.8 Å². The molecule has 0 radical (unpaired) electrons. The fourth-order valence-electron chi connectivity index (χ4n) is 0.642. The van der Waals surface area contributed by atoms with Crippen molar-refractivity contribution in [3.8, 4) is 0 Å². The number of carbonyl (C=O) groups excluding carboxylic acids is 2. The Balaban J connectivity index is 2.69. The zero-order valence-electron chi connectivity index (χ0n) is 5.79. The lowest BCUT2D eigenvalue weighted by atomic mass is 9.96. The molecule has 1 aliphatic rings. The van der Waals surface area contributed by atoms with Crippen molar-refractivity contribution in [1.82, 2.24) is 0 Å². The topological polar surface area (TPSA) is 52.6 Å². The second-order valence-electron chi connectivity index (χ2n) is 2.38. The third kappa shape index (κ3) is 0.964.